The molecule has 19 heavy (non-hydrogen) atoms. The summed E-state index contributed by atoms with van der Waals surface area (Å²) in [5, 5.41) is 3.32. The Hall–Kier alpha value is -0.580. The standard InChI is InChI=1S/C15H23BrN2O/c1-11(17-2)14-7-6-12(16)9-15(14)18(3)10-13-5-4-8-19-13/h6-7,9,11,13,17H,4-5,8,10H2,1-3H3. The highest BCUT2D eigenvalue weighted by atomic mass is 79.9. The molecule has 1 aliphatic rings. The number of ether oxygens (including phenoxy) is 1. The number of likely N-dealkylation sites (N-methyl/N-ethyl adjacent to an activating group) is 1. The van der Waals surface area contributed by atoms with E-state index in [1.54, 1.807) is 0 Å². The van der Waals surface area contributed by atoms with Crippen molar-refractivity contribution in [2.24, 2.45) is 0 Å². The average Bonchev–Trinajstić information content (AvgIpc) is 2.90. The molecule has 0 aromatic heterocycles. The van der Waals surface area contributed by atoms with E-state index in [-0.39, 0.29) is 0 Å². The van der Waals surface area contributed by atoms with Crippen LogP contribution in [0.15, 0.2) is 22.7 Å². The first-order chi connectivity index (χ1) is 9.11. The molecule has 1 fully saturated rings. The molecule has 1 N–H and O–H groups in total. The Kier molecular flexibility index (Phi) is 5.25. The van der Waals surface area contributed by atoms with Crippen LogP contribution in [-0.4, -0.2) is 33.4 Å². The second-order valence-corrected chi connectivity index (χ2v) is 6.14. The predicted molar refractivity (Wildman–Crippen MR) is 83.9 cm³/mol. The molecule has 0 amide bonds. The van der Waals surface area contributed by atoms with Gasteiger partial charge in [-0.3, -0.25) is 0 Å². The summed E-state index contributed by atoms with van der Waals surface area (Å²) in [7, 11) is 4.14. The van der Waals surface area contributed by atoms with Crippen molar-refractivity contribution < 1.29 is 4.74 Å². The molecule has 3 nitrogen and oxygen atoms in total. The Balaban J connectivity index is 2.18. The summed E-state index contributed by atoms with van der Waals surface area (Å²) >= 11 is 3.57. The number of nitrogens with zero attached hydrogens (tertiary/aromatic N) is 1. The Labute approximate surface area is 124 Å². The third-order valence-corrected chi connectivity index (χ3v) is 4.30. The summed E-state index contributed by atoms with van der Waals surface area (Å²) in [6.45, 7) is 4.06. The first-order valence-electron chi connectivity index (χ1n) is 6.91. The summed E-state index contributed by atoms with van der Waals surface area (Å²) < 4.78 is 6.85. The van der Waals surface area contributed by atoms with Gasteiger partial charge in [-0.1, -0.05) is 22.0 Å². The molecule has 0 spiro atoms. The van der Waals surface area contributed by atoms with Crippen molar-refractivity contribution in [2.75, 3.05) is 32.1 Å². The molecule has 0 radical (unpaired) electrons. The maximum Gasteiger partial charge on any atom is 0.0750 e. The lowest BCUT2D eigenvalue weighted by molar-refractivity contribution is 0.116. The first kappa shape index (κ1) is 14.8. The smallest absolute Gasteiger partial charge is 0.0750 e. The van der Waals surface area contributed by atoms with Crippen LogP contribution in [0.25, 0.3) is 0 Å². The number of halogens is 1. The summed E-state index contributed by atoms with van der Waals surface area (Å²) in [6.07, 6.45) is 2.74. The molecule has 106 valence electrons. The highest BCUT2D eigenvalue weighted by Gasteiger charge is 2.20. The van der Waals surface area contributed by atoms with E-state index in [2.05, 4.69) is 58.3 Å². The summed E-state index contributed by atoms with van der Waals surface area (Å²) in [5.74, 6) is 0. The van der Waals surface area contributed by atoms with Crippen molar-refractivity contribution in [3.63, 3.8) is 0 Å². The minimum atomic E-state index is 0.343. The van der Waals surface area contributed by atoms with E-state index < -0.39 is 0 Å². The largest absolute Gasteiger partial charge is 0.376 e. The molecule has 2 atom stereocenters. The zero-order chi connectivity index (χ0) is 13.8. The molecular formula is C15H23BrN2O. The Bertz CT molecular complexity index is 419. The monoisotopic (exact) mass is 326 g/mol. The maximum absolute atomic E-state index is 5.73. The lowest BCUT2D eigenvalue weighted by Crippen LogP contribution is -2.30. The van der Waals surface area contributed by atoms with Gasteiger partial charge in [-0.2, -0.15) is 0 Å². The molecule has 1 aromatic carbocycles. The third-order valence-electron chi connectivity index (χ3n) is 3.80. The third kappa shape index (κ3) is 3.71. The van der Waals surface area contributed by atoms with Crippen LogP contribution in [0.2, 0.25) is 0 Å². The average molecular weight is 327 g/mol. The molecule has 1 saturated heterocycles. The van der Waals surface area contributed by atoms with E-state index >= 15 is 0 Å². The van der Waals surface area contributed by atoms with Crippen LogP contribution in [0, 0.1) is 0 Å². The van der Waals surface area contributed by atoms with E-state index in [0.717, 1.165) is 17.6 Å². The topological polar surface area (TPSA) is 24.5 Å². The molecule has 2 unspecified atom stereocenters. The molecule has 0 aliphatic carbocycles. The lowest BCUT2D eigenvalue weighted by atomic mass is 10.1. The number of rotatable bonds is 5. The SMILES string of the molecule is CNC(C)c1ccc(Br)cc1N(C)CC1CCCO1. The van der Waals surface area contributed by atoms with Crippen LogP contribution in [0.3, 0.4) is 0 Å². The van der Waals surface area contributed by atoms with Gasteiger partial charge in [0, 0.05) is 36.4 Å². The summed E-state index contributed by atoms with van der Waals surface area (Å²) in [5.41, 5.74) is 2.60. The van der Waals surface area contributed by atoms with E-state index in [1.807, 2.05) is 7.05 Å². The molecule has 0 saturated carbocycles. The van der Waals surface area contributed by atoms with E-state index in [0.29, 0.717) is 12.1 Å². The molecule has 1 heterocycles. The molecule has 2 rings (SSSR count). The maximum atomic E-state index is 5.73. The van der Waals surface area contributed by atoms with Crippen LogP contribution >= 0.6 is 15.9 Å². The molecule has 0 bridgehead atoms. The van der Waals surface area contributed by atoms with Crippen molar-refractivity contribution in [1.82, 2.24) is 5.32 Å². The van der Waals surface area contributed by atoms with Crippen molar-refractivity contribution in [1.29, 1.82) is 0 Å². The van der Waals surface area contributed by atoms with Gasteiger partial charge in [-0.25, -0.2) is 0 Å². The minimum absolute atomic E-state index is 0.343. The van der Waals surface area contributed by atoms with Crippen LogP contribution in [0.4, 0.5) is 5.69 Å². The number of anilines is 1. The van der Waals surface area contributed by atoms with Gasteiger partial charge in [-0.15, -0.1) is 0 Å². The van der Waals surface area contributed by atoms with Gasteiger partial charge in [0.15, 0.2) is 0 Å². The van der Waals surface area contributed by atoms with Gasteiger partial charge in [0.05, 0.1) is 6.10 Å². The second-order valence-electron chi connectivity index (χ2n) is 5.23. The van der Waals surface area contributed by atoms with Crippen LogP contribution in [0.5, 0.6) is 0 Å². The number of benzene rings is 1. The van der Waals surface area contributed by atoms with Crippen molar-refractivity contribution in [3.8, 4) is 0 Å². The first-order valence-corrected chi connectivity index (χ1v) is 7.70. The quantitative estimate of drug-likeness (QED) is 0.898. The van der Waals surface area contributed by atoms with Gasteiger partial charge < -0.3 is 15.0 Å². The fourth-order valence-electron chi connectivity index (χ4n) is 2.56. The predicted octanol–water partition coefficient (Wildman–Crippen LogP) is 3.34. The second kappa shape index (κ2) is 6.73. The number of hydrogen-bond acceptors (Lipinski definition) is 3. The molecular weight excluding hydrogens is 304 g/mol. The summed E-state index contributed by atoms with van der Waals surface area (Å²) in [6, 6.07) is 6.83. The van der Waals surface area contributed by atoms with Crippen LogP contribution in [0.1, 0.15) is 31.4 Å². The Morgan fingerprint density at radius 1 is 1.53 bits per heavy atom. The zero-order valence-electron chi connectivity index (χ0n) is 11.9. The van der Waals surface area contributed by atoms with Gasteiger partial charge in [0.1, 0.15) is 0 Å². The Morgan fingerprint density at radius 2 is 2.32 bits per heavy atom. The Morgan fingerprint density at radius 3 is 2.95 bits per heavy atom. The van der Waals surface area contributed by atoms with E-state index in [9.17, 15) is 0 Å². The minimum Gasteiger partial charge on any atom is -0.376 e. The normalized spacial score (nSPS) is 20.5. The molecule has 1 aliphatic heterocycles. The van der Waals surface area contributed by atoms with E-state index in [1.165, 1.54) is 24.1 Å². The van der Waals surface area contributed by atoms with Crippen molar-refractivity contribution in [3.05, 3.63) is 28.2 Å². The molecule has 1 aromatic rings. The van der Waals surface area contributed by atoms with Crippen LogP contribution < -0.4 is 10.2 Å². The number of nitrogens with one attached hydrogen (secondary N) is 1. The van der Waals surface area contributed by atoms with Crippen molar-refractivity contribution in [2.45, 2.75) is 31.9 Å². The lowest BCUT2D eigenvalue weighted by Gasteiger charge is -2.27. The summed E-state index contributed by atoms with van der Waals surface area (Å²) in [4.78, 5) is 2.31. The fourth-order valence-corrected chi connectivity index (χ4v) is 2.91. The van der Waals surface area contributed by atoms with Gasteiger partial charge in [0.25, 0.3) is 0 Å². The van der Waals surface area contributed by atoms with Gasteiger partial charge in [0.2, 0.25) is 0 Å². The fraction of sp³-hybridized carbons (Fsp3) is 0.600. The highest BCUT2D eigenvalue weighted by Crippen LogP contribution is 2.29. The number of hydrogen-bond donors (Lipinski definition) is 1. The van der Waals surface area contributed by atoms with Gasteiger partial charge in [-0.05, 0) is 44.5 Å². The zero-order valence-corrected chi connectivity index (χ0v) is 13.5. The van der Waals surface area contributed by atoms with Crippen LogP contribution in [-0.2, 0) is 4.74 Å². The van der Waals surface area contributed by atoms with E-state index in [4.69, 9.17) is 4.74 Å². The highest BCUT2D eigenvalue weighted by molar-refractivity contribution is 9.10. The van der Waals surface area contributed by atoms with Crippen molar-refractivity contribution >= 4 is 21.6 Å². The molecule has 4 heteroatoms. The van der Waals surface area contributed by atoms with Gasteiger partial charge >= 0.3 is 0 Å².